The highest BCUT2D eigenvalue weighted by atomic mass is 16.5. The van der Waals surface area contributed by atoms with Crippen LogP contribution in [0.5, 0.6) is 5.75 Å². The summed E-state index contributed by atoms with van der Waals surface area (Å²) in [6, 6.07) is 11.7. The summed E-state index contributed by atoms with van der Waals surface area (Å²) in [7, 11) is 0. The van der Waals surface area contributed by atoms with E-state index in [-0.39, 0.29) is 0 Å². The van der Waals surface area contributed by atoms with E-state index < -0.39 is 0 Å². The number of aliphatic imine (C=N–C) groups is 1. The fourth-order valence-electron chi connectivity index (χ4n) is 2.11. The van der Waals surface area contributed by atoms with Gasteiger partial charge in [-0.05, 0) is 49.2 Å². The minimum atomic E-state index is 0.420. The maximum absolute atomic E-state index is 5.73. The highest BCUT2D eigenvalue weighted by molar-refractivity contribution is 5.99. The Labute approximate surface area is 118 Å². The van der Waals surface area contributed by atoms with Gasteiger partial charge in [-0.2, -0.15) is 0 Å². The lowest BCUT2D eigenvalue weighted by Crippen LogP contribution is -2.23. The third-order valence-electron chi connectivity index (χ3n) is 3.40. The Morgan fingerprint density at radius 1 is 1.10 bits per heavy atom. The first-order valence-electron chi connectivity index (χ1n) is 6.56. The largest absolute Gasteiger partial charge is 0.483 e. The first kappa shape index (κ1) is 12.5. The number of nitrogens with two attached hydrogens (primary N) is 1. The molecule has 0 fully saturated rings. The Bertz CT molecular complexity index is 692. The third-order valence-corrected chi connectivity index (χ3v) is 3.40. The topological polar surface area (TPSA) is 59.6 Å². The van der Waals surface area contributed by atoms with Crippen molar-refractivity contribution in [3.63, 3.8) is 0 Å². The number of benzene rings is 2. The Hall–Kier alpha value is -2.49. The minimum Gasteiger partial charge on any atom is -0.483 e. The summed E-state index contributed by atoms with van der Waals surface area (Å²) in [5.74, 6) is 1.53. The van der Waals surface area contributed by atoms with Crippen molar-refractivity contribution in [2.75, 3.05) is 17.7 Å². The number of anilines is 2. The average Bonchev–Trinajstić information content (AvgIpc) is 2.43. The zero-order valence-electron chi connectivity index (χ0n) is 11.6. The van der Waals surface area contributed by atoms with E-state index in [0.717, 1.165) is 23.0 Å². The van der Waals surface area contributed by atoms with Crippen LogP contribution in [0.25, 0.3) is 0 Å². The quantitative estimate of drug-likeness (QED) is 0.778. The van der Waals surface area contributed by atoms with Crippen LogP contribution in [0, 0.1) is 13.8 Å². The predicted molar refractivity (Wildman–Crippen MR) is 83.0 cm³/mol. The van der Waals surface area contributed by atoms with E-state index in [1.165, 1.54) is 11.1 Å². The van der Waals surface area contributed by atoms with E-state index in [1.54, 1.807) is 6.07 Å². The molecule has 0 radical (unpaired) electrons. The zero-order valence-corrected chi connectivity index (χ0v) is 11.6. The van der Waals surface area contributed by atoms with Crippen molar-refractivity contribution >= 4 is 22.9 Å². The van der Waals surface area contributed by atoms with E-state index >= 15 is 0 Å². The molecule has 1 heterocycles. The van der Waals surface area contributed by atoms with Gasteiger partial charge in [-0.15, -0.1) is 0 Å². The standard InChI is InChI=1S/C16H17N3O/c1-10-3-5-13(7-11(10)2)18-16-9-20-15-8-12(17)4-6-14(15)19-16/h3-8H,9,17H2,1-2H3,(H,18,19). The van der Waals surface area contributed by atoms with Crippen LogP contribution >= 0.6 is 0 Å². The Balaban J connectivity index is 1.85. The Morgan fingerprint density at radius 2 is 1.95 bits per heavy atom. The highest BCUT2D eigenvalue weighted by Gasteiger charge is 2.13. The van der Waals surface area contributed by atoms with Crippen molar-refractivity contribution in [3.8, 4) is 5.75 Å². The van der Waals surface area contributed by atoms with Crippen LogP contribution in [0.4, 0.5) is 17.1 Å². The van der Waals surface area contributed by atoms with Gasteiger partial charge in [0.25, 0.3) is 0 Å². The Morgan fingerprint density at radius 3 is 2.75 bits per heavy atom. The molecule has 3 rings (SSSR count). The van der Waals surface area contributed by atoms with Gasteiger partial charge in [0, 0.05) is 17.4 Å². The second-order valence-corrected chi connectivity index (χ2v) is 5.00. The maximum atomic E-state index is 5.73. The van der Waals surface area contributed by atoms with Crippen LogP contribution in [0.2, 0.25) is 0 Å². The molecule has 0 saturated heterocycles. The average molecular weight is 267 g/mol. The number of fused-ring (bicyclic) bond motifs is 1. The van der Waals surface area contributed by atoms with Gasteiger partial charge in [0.2, 0.25) is 0 Å². The van der Waals surface area contributed by atoms with Gasteiger partial charge in [-0.25, -0.2) is 4.99 Å². The van der Waals surface area contributed by atoms with E-state index in [4.69, 9.17) is 10.5 Å². The van der Waals surface area contributed by atoms with Crippen molar-refractivity contribution in [2.24, 2.45) is 4.99 Å². The smallest absolute Gasteiger partial charge is 0.147 e. The normalized spacial score (nSPS) is 13.2. The number of aryl methyl sites for hydroxylation is 2. The summed E-state index contributed by atoms with van der Waals surface area (Å²) >= 11 is 0. The SMILES string of the molecule is Cc1ccc(NC2=Nc3ccc(N)cc3OC2)cc1C. The van der Waals surface area contributed by atoms with Gasteiger partial charge in [0.15, 0.2) is 0 Å². The molecule has 20 heavy (non-hydrogen) atoms. The number of hydrogen-bond donors (Lipinski definition) is 2. The van der Waals surface area contributed by atoms with Gasteiger partial charge >= 0.3 is 0 Å². The minimum absolute atomic E-state index is 0.420. The molecule has 0 spiro atoms. The third kappa shape index (κ3) is 2.45. The van der Waals surface area contributed by atoms with Crippen LogP contribution < -0.4 is 15.8 Å². The molecule has 3 N–H and O–H groups in total. The summed E-state index contributed by atoms with van der Waals surface area (Å²) in [6.07, 6.45) is 0. The molecule has 0 saturated carbocycles. The molecule has 2 aromatic carbocycles. The van der Waals surface area contributed by atoms with Crippen molar-refractivity contribution < 1.29 is 4.74 Å². The summed E-state index contributed by atoms with van der Waals surface area (Å²) < 4.78 is 5.67. The van der Waals surface area contributed by atoms with E-state index in [9.17, 15) is 0 Å². The molecule has 102 valence electrons. The number of hydrogen-bond acceptors (Lipinski definition) is 4. The van der Waals surface area contributed by atoms with E-state index in [2.05, 4.69) is 36.3 Å². The van der Waals surface area contributed by atoms with Crippen molar-refractivity contribution in [1.82, 2.24) is 0 Å². The molecule has 1 aliphatic rings. The molecule has 0 atom stereocenters. The second kappa shape index (κ2) is 4.89. The molecule has 4 nitrogen and oxygen atoms in total. The molecular formula is C16H17N3O. The Kier molecular flexibility index (Phi) is 3.06. The van der Waals surface area contributed by atoms with Crippen LogP contribution in [-0.2, 0) is 0 Å². The molecule has 0 aromatic heterocycles. The number of amidine groups is 1. The van der Waals surface area contributed by atoms with E-state index in [1.807, 2.05) is 18.2 Å². The molecule has 0 unspecified atom stereocenters. The number of nitrogens with one attached hydrogen (secondary N) is 1. The molecular weight excluding hydrogens is 250 g/mol. The number of ether oxygens (including phenoxy) is 1. The number of rotatable bonds is 1. The van der Waals surface area contributed by atoms with E-state index in [0.29, 0.717) is 12.3 Å². The number of nitrogen functional groups attached to an aromatic ring is 1. The van der Waals surface area contributed by atoms with Crippen molar-refractivity contribution in [3.05, 3.63) is 47.5 Å². The van der Waals surface area contributed by atoms with Crippen LogP contribution in [0.3, 0.4) is 0 Å². The van der Waals surface area contributed by atoms with Crippen molar-refractivity contribution in [2.45, 2.75) is 13.8 Å². The summed E-state index contributed by atoms with van der Waals surface area (Å²) in [5, 5.41) is 3.30. The van der Waals surface area contributed by atoms with Crippen LogP contribution in [0.15, 0.2) is 41.4 Å². The fourth-order valence-corrected chi connectivity index (χ4v) is 2.11. The van der Waals surface area contributed by atoms with Gasteiger partial charge in [-0.3, -0.25) is 0 Å². The first-order valence-corrected chi connectivity index (χ1v) is 6.56. The number of nitrogens with zero attached hydrogens (tertiary/aromatic N) is 1. The molecule has 1 aliphatic heterocycles. The summed E-state index contributed by atoms with van der Waals surface area (Å²) in [4.78, 5) is 4.56. The fraction of sp³-hybridized carbons (Fsp3) is 0.188. The molecule has 0 amide bonds. The predicted octanol–water partition coefficient (Wildman–Crippen LogP) is 3.42. The van der Waals surface area contributed by atoms with Crippen LogP contribution in [0.1, 0.15) is 11.1 Å². The van der Waals surface area contributed by atoms with Crippen LogP contribution in [-0.4, -0.2) is 12.4 Å². The first-order chi connectivity index (χ1) is 9.61. The maximum Gasteiger partial charge on any atom is 0.147 e. The van der Waals surface area contributed by atoms with Gasteiger partial charge < -0.3 is 15.8 Å². The summed E-state index contributed by atoms with van der Waals surface area (Å²) in [6.45, 7) is 4.61. The lowest BCUT2D eigenvalue weighted by molar-refractivity contribution is 0.372. The lowest BCUT2D eigenvalue weighted by atomic mass is 10.1. The monoisotopic (exact) mass is 267 g/mol. The van der Waals surface area contributed by atoms with Gasteiger partial charge in [0.05, 0.1) is 0 Å². The highest BCUT2D eigenvalue weighted by Crippen LogP contribution is 2.32. The molecule has 0 bridgehead atoms. The zero-order chi connectivity index (χ0) is 14.1. The second-order valence-electron chi connectivity index (χ2n) is 5.00. The molecule has 4 heteroatoms. The molecule has 0 aliphatic carbocycles. The molecule has 2 aromatic rings. The van der Waals surface area contributed by atoms with Crippen molar-refractivity contribution in [1.29, 1.82) is 0 Å². The lowest BCUT2D eigenvalue weighted by Gasteiger charge is -2.18. The van der Waals surface area contributed by atoms with Gasteiger partial charge in [0.1, 0.15) is 23.9 Å². The summed E-state index contributed by atoms with van der Waals surface area (Å²) in [5.41, 5.74) is 10.8. The van der Waals surface area contributed by atoms with Gasteiger partial charge in [-0.1, -0.05) is 6.07 Å².